The minimum Gasteiger partial charge on any atom is -0.461 e. The fourth-order valence-corrected chi connectivity index (χ4v) is 3.32. The molecule has 2 aliphatic carbocycles. The topological polar surface area (TPSA) is 56.5 Å². The highest BCUT2D eigenvalue weighted by Gasteiger charge is 2.26. The Morgan fingerprint density at radius 3 is 2.64 bits per heavy atom. The van der Waals surface area contributed by atoms with Crippen molar-refractivity contribution in [3.63, 3.8) is 0 Å². The molecule has 2 aromatic rings. The van der Waals surface area contributed by atoms with Crippen molar-refractivity contribution in [3.05, 3.63) is 45.3 Å². The Morgan fingerprint density at radius 1 is 1.14 bits per heavy atom. The molecule has 0 aliphatic heterocycles. The number of hydrogen-bond acceptors (Lipinski definition) is 4. The standard InChI is InChI=1S/C18H18O4/c19-17-9-14(10-21-18(20)11-3-1-4-11)15-7-12-5-2-6-13(12)8-16(15)22-17/h7-9,11H,1-6,10H2. The molecule has 1 aromatic heterocycles. The van der Waals surface area contributed by atoms with Crippen LogP contribution in [0.2, 0.25) is 0 Å². The average Bonchev–Trinajstić information content (AvgIpc) is 2.87. The Bertz CT molecular complexity index is 799. The zero-order valence-electron chi connectivity index (χ0n) is 12.4. The van der Waals surface area contributed by atoms with E-state index in [-0.39, 0.29) is 24.1 Å². The van der Waals surface area contributed by atoms with Crippen LogP contribution in [0.4, 0.5) is 0 Å². The molecule has 4 heteroatoms. The van der Waals surface area contributed by atoms with Gasteiger partial charge in [0.15, 0.2) is 0 Å². The molecule has 0 radical (unpaired) electrons. The first-order valence-electron chi connectivity index (χ1n) is 7.96. The average molecular weight is 298 g/mol. The summed E-state index contributed by atoms with van der Waals surface area (Å²) in [7, 11) is 0. The van der Waals surface area contributed by atoms with Crippen molar-refractivity contribution in [1.29, 1.82) is 0 Å². The number of aryl methyl sites for hydroxylation is 2. The Labute approximate surface area is 128 Å². The third kappa shape index (κ3) is 2.32. The lowest BCUT2D eigenvalue weighted by molar-refractivity contribution is -0.152. The van der Waals surface area contributed by atoms with Crippen LogP contribution in [0.25, 0.3) is 11.0 Å². The van der Waals surface area contributed by atoms with E-state index in [9.17, 15) is 9.59 Å². The summed E-state index contributed by atoms with van der Waals surface area (Å²) in [6.07, 6.45) is 6.18. The first-order valence-corrected chi connectivity index (χ1v) is 7.96. The lowest BCUT2D eigenvalue weighted by Crippen LogP contribution is -2.24. The molecule has 0 unspecified atom stereocenters. The second-order valence-corrected chi connectivity index (χ2v) is 6.30. The van der Waals surface area contributed by atoms with Crippen molar-refractivity contribution in [2.24, 2.45) is 5.92 Å². The third-order valence-electron chi connectivity index (χ3n) is 4.85. The van der Waals surface area contributed by atoms with Crippen molar-refractivity contribution < 1.29 is 13.9 Å². The smallest absolute Gasteiger partial charge is 0.336 e. The molecule has 1 aromatic carbocycles. The number of ether oxygens (including phenoxy) is 1. The van der Waals surface area contributed by atoms with Gasteiger partial charge in [0.1, 0.15) is 12.2 Å². The summed E-state index contributed by atoms with van der Waals surface area (Å²) in [5.41, 5.74) is 3.53. The van der Waals surface area contributed by atoms with Gasteiger partial charge in [0.2, 0.25) is 0 Å². The zero-order chi connectivity index (χ0) is 15.1. The van der Waals surface area contributed by atoms with Gasteiger partial charge in [-0.15, -0.1) is 0 Å². The van der Waals surface area contributed by atoms with Gasteiger partial charge in [0.25, 0.3) is 0 Å². The fourth-order valence-electron chi connectivity index (χ4n) is 3.32. The van der Waals surface area contributed by atoms with Gasteiger partial charge >= 0.3 is 11.6 Å². The van der Waals surface area contributed by atoms with E-state index >= 15 is 0 Å². The quantitative estimate of drug-likeness (QED) is 0.645. The summed E-state index contributed by atoms with van der Waals surface area (Å²) in [5.74, 6) is -0.0931. The Kier molecular flexibility index (Phi) is 3.25. The summed E-state index contributed by atoms with van der Waals surface area (Å²) >= 11 is 0. The van der Waals surface area contributed by atoms with E-state index in [0.717, 1.165) is 49.5 Å². The normalized spacial score (nSPS) is 17.3. The number of fused-ring (bicyclic) bond motifs is 2. The minimum atomic E-state index is -0.389. The van der Waals surface area contributed by atoms with E-state index in [1.165, 1.54) is 17.2 Å². The number of benzene rings is 1. The highest BCUT2D eigenvalue weighted by Crippen LogP contribution is 2.30. The van der Waals surface area contributed by atoms with Crippen molar-refractivity contribution in [1.82, 2.24) is 0 Å². The van der Waals surface area contributed by atoms with Crippen molar-refractivity contribution in [3.8, 4) is 0 Å². The molecule has 1 saturated carbocycles. The molecule has 0 amide bonds. The number of carbonyl (C=O) groups excluding carboxylic acids is 1. The highest BCUT2D eigenvalue weighted by molar-refractivity contribution is 5.82. The van der Waals surface area contributed by atoms with Gasteiger partial charge in [-0.3, -0.25) is 4.79 Å². The van der Waals surface area contributed by atoms with Gasteiger partial charge in [-0.1, -0.05) is 6.42 Å². The van der Waals surface area contributed by atoms with E-state index in [0.29, 0.717) is 5.58 Å². The van der Waals surface area contributed by atoms with Crippen LogP contribution in [0.15, 0.2) is 27.4 Å². The van der Waals surface area contributed by atoms with Crippen LogP contribution in [0.3, 0.4) is 0 Å². The fraction of sp³-hybridized carbons (Fsp3) is 0.444. The molecule has 1 fully saturated rings. The molecule has 1 heterocycles. The van der Waals surface area contributed by atoms with Gasteiger partial charge in [-0.2, -0.15) is 0 Å². The van der Waals surface area contributed by atoms with E-state index in [1.807, 2.05) is 6.07 Å². The molecule has 0 spiro atoms. The Hall–Kier alpha value is -2.10. The molecule has 4 nitrogen and oxygen atoms in total. The Morgan fingerprint density at radius 2 is 1.91 bits per heavy atom. The molecule has 22 heavy (non-hydrogen) atoms. The van der Waals surface area contributed by atoms with Crippen molar-refractivity contribution >= 4 is 16.9 Å². The molecule has 0 N–H and O–H groups in total. The molecule has 2 aliphatic rings. The predicted molar refractivity (Wildman–Crippen MR) is 81.6 cm³/mol. The molecule has 0 bridgehead atoms. The summed E-state index contributed by atoms with van der Waals surface area (Å²) in [6, 6.07) is 5.50. The first-order chi connectivity index (χ1) is 10.7. The molecular weight excluding hydrogens is 280 g/mol. The monoisotopic (exact) mass is 298 g/mol. The lowest BCUT2D eigenvalue weighted by atomic mass is 9.86. The van der Waals surface area contributed by atoms with Gasteiger partial charge < -0.3 is 9.15 Å². The van der Waals surface area contributed by atoms with Gasteiger partial charge in [-0.05, 0) is 55.4 Å². The zero-order valence-corrected chi connectivity index (χ0v) is 12.4. The maximum atomic E-state index is 11.9. The maximum absolute atomic E-state index is 11.9. The van der Waals surface area contributed by atoms with Crippen LogP contribution in [0, 0.1) is 5.92 Å². The SMILES string of the molecule is O=C(OCc1cc(=O)oc2cc3c(cc12)CCC3)C1CCC1. The van der Waals surface area contributed by atoms with Crippen LogP contribution in [0.5, 0.6) is 0 Å². The predicted octanol–water partition coefficient (Wildman–Crippen LogP) is 3.13. The van der Waals surface area contributed by atoms with Crippen molar-refractivity contribution in [2.45, 2.75) is 45.1 Å². The summed E-state index contributed by atoms with van der Waals surface area (Å²) < 4.78 is 10.7. The molecular formula is C18H18O4. The van der Waals surface area contributed by atoms with E-state index < -0.39 is 0 Å². The van der Waals surface area contributed by atoms with Crippen molar-refractivity contribution in [2.75, 3.05) is 0 Å². The van der Waals surface area contributed by atoms with Crippen LogP contribution < -0.4 is 5.63 Å². The lowest BCUT2D eigenvalue weighted by Gasteiger charge is -2.23. The second-order valence-electron chi connectivity index (χ2n) is 6.30. The Balaban J connectivity index is 1.66. The van der Waals surface area contributed by atoms with E-state index in [2.05, 4.69) is 6.07 Å². The molecule has 0 saturated heterocycles. The van der Waals surface area contributed by atoms with Crippen LogP contribution >= 0.6 is 0 Å². The second kappa shape index (κ2) is 5.27. The molecule has 114 valence electrons. The molecule has 0 atom stereocenters. The number of esters is 1. The van der Waals surface area contributed by atoms with E-state index in [1.54, 1.807) is 0 Å². The maximum Gasteiger partial charge on any atom is 0.336 e. The van der Waals surface area contributed by atoms with Gasteiger partial charge in [0.05, 0.1) is 5.92 Å². The van der Waals surface area contributed by atoms with E-state index in [4.69, 9.17) is 9.15 Å². The third-order valence-corrected chi connectivity index (χ3v) is 4.85. The van der Waals surface area contributed by atoms with Crippen LogP contribution in [0.1, 0.15) is 42.4 Å². The number of hydrogen-bond donors (Lipinski definition) is 0. The molecule has 4 rings (SSSR count). The minimum absolute atomic E-state index is 0.0515. The largest absolute Gasteiger partial charge is 0.461 e. The summed E-state index contributed by atoms with van der Waals surface area (Å²) in [6.45, 7) is 0.149. The van der Waals surface area contributed by atoms with Crippen LogP contribution in [-0.2, 0) is 29.0 Å². The highest BCUT2D eigenvalue weighted by atomic mass is 16.5. The van der Waals surface area contributed by atoms with Gasteiger partial charge in [0, 0.05) is 17.0 Å². The number of carbonyl (C=O) groups is 1. The summed E-state index contributed by atoms with van der Waals surface area (Å²) in [4.78, 5) is 23.6. The van der Waals surface area contributed by atoms with Crippen LogP contribution in [-0.4, -0.2) is 5.97 Å². The number of rotatable bonds is 3. The first kappa shape index (κ1) is 13.6. The summed E-state index contributed by atoms with van der Waals surface area (Å²) in [5, 5.41) is 0.890. The van der Waals surface area contributed by atoms with Gasteiger partial charge in [-0.25, -0.2) is 4.79 Å².